The Morgan fingerprint density at radius 1 is 1.30 bits per heavy atom. The molecule has 138 valence electrons. The zero-order valence-corrected chi connectivity index (χ0v) is 15.7. The first-order chi connectivity index (χ1) is 12.8. The van der Waals surface area contributed by atoms with E-state index in [1.165, 1.54) is 11.3 Å². The second-order valence-corrected chi connectivity index (χ2v) is 7.02. The first-order valence-electron chi connectivity index (χ1n) is 7.39. The molecule has 1 aromatic carbocycles. The summed E-state index contributed by atoms with van der Waals surface area (Å²) in [7, 11) is 0. The zero-order valence-electron chi connectivity index (χ0n) is 13.4. The molecular weight excluding hydrogens is 415 g/mol. The van der Waals surface area contributed by atoms with Crippen molar-refractivity contribution >= 4 is 51.3 Å². The molecule has 0 aliphatic carbocycles. The van der Waals surface area contributed by atoms with Crippen molar-refractivity contribution in [3.8, 4) is 11.3 Å². The Balaban J connectivity index is 1.74. The van der Waals surface area contributed by atoms with Crippen molar-refractivity contribution in [2.75, 3.05) is 5.32 Å². The summed E-state index contributed by atoms with van der Waals surface area (Å²) in [6.45, 7) is -0.378. The van der Waals surface area contributed by atoms with Crippen molar-refractivity contribution in [3.63, 3.8) is 0 Å². The van der Waals surface area contributed by atoms with E-state index in [-0.39, 0.29) is 12.2 Å². The molecule has 0 aliphatic heterocycles. The maximum Gasteiger partial charge on any atom is 0.285 e. The number of carbonyl (C=O) groups excluding carboxylic acids is 1. The van der Waals surface area contributed by atoms with Crippen molar-refractivity contribution in [1.29, 1.82) is 0 Å². The van der Waals surface area contributed by atoms with Gasteiger partial charge in [-0.2, -0.15) is 0 Å². The van der Waals surface area contributed by atoms with Gasteiger partial charge >= 0.3 is 0 Å². The molecule has 0 fully saturated rings. The van der Waals surface area contributed by atoms with Gasteiger partial charge in [-0.3, -0.25) is 24.3 Å². The number of nitrogens with one attached hydrogen (secondary N) is 1. The van der Waals surface area contributed by atoms with Gasteiger partial charge in [0.15, 0.2) is 5.13 Å². The van der Waals surface area contributed by atoms with E-state index in [2.05, 4.69) is 10.3 Å². The standard InChI is InChI=1S/C16H10Cl2N4O4S/c17-9-1-3-11(12(18)5-9)13-8-27-16(19-13)20-14(23)7-21-6-10(22(25)26)2-4-15(21)24/h1-6,8H,7H2,(H,19,20,23). The number of anilines is 1. The molecule has 8 nitrogen and oxygen atoms in total. The highest BCUT2D eigenvalue weighted by Crippen LogP contribution is 2.32. The van der Waals surface area contributed by atoms with Gasteiger partial charge in [-0.1, -0.05) is 23.2 Å². The predicted octanol–water partition coefficient (Wildman–Crippen LogP) is 3.83. The molecule has 0 aliphatic rings. The Bertz CT molecular complexity index is 1100. The minimum Gasteiger partial charge on any atom is -0.300 e. The molecule has 3 rings (SSSR count). The van der Waals surface area contributed by atoms with Crippen molar-refractivity contribution in [3.05, 3.63) is 72.4 Å². The fourth-order valence-electron chi connectivity index (χ4n) is 2.22. The Labute approximate surface area is 166 Å². The summed E-state index contributed by atoms with van der Waals surface area (Å²) < 4.78 is 0.956. The second kappa shape index (κ2) is 7.87. The minimum absolute atomic E-state index is 0.281. The Morgan fingerprint density at radius 2 is 2.07 bits per heavy atom. The summed E-state index contributed by atoms with van der Waals surface area (Å²) in [4.78, 5) is 38.3. The average molecular weight is 425 g/mol. The van der Waals surface area contributed by atoms with Crippen LogP contribution in [0.25, 0.3) is 11.3 Å². The summed E-state index contributed by atoms with van der Waals surface area (Å²) in [6.07, 6.45) is 1.02. The fourth-order valence-corrected chi connectivity index (χ4v) is 3.45. The number of nitro groups is 1. The lowest BCUT2D eigenvalue weighted by molar-refractivity contribution is -0.385. The van der Waals surface area contributed by atoms with E-state index >= 15 is 0 Å². The number of pyridine rings is 1. The first-order valence-corrected chi connectivity index (χ1v) is 9.03. The summed E-state index contributed by atoms with van der Waals surface area (Å²) in [5.41, 5.74) is 0.414. The first kappa shape index (κ1) is 19.0. The van der Waals surface area contributed by atoms with E-state index in [0.717, 1.165) is 22.9 Å². The van der Waals surface area contributed by atoms with Crippen LogP contribution in [0.15, 0.2) is 46.7 Å². The van der Waals surface area contributed by atoms with Crippen LogP contribution in [-0.2, 0) is 11.3 Å². The van der Waals surface area contributed by atoms with Gasteiger partial charge in [0, 0.05) is 28.1 Å². The van der Waals surface area contributed by atoms with Crippen LogP contribution in [-0.4, -0.2) is 20.4 Å². The Hall–Kier alpha value is -2.75. The van der Waals surface area contributed by atoms with Crippen molar-refractivity contribution in [1.82, 2.24) is 9.55 Å². The number of nitrogens with zero attached hydrogens (tertiary/aromatic N) is 3. The van der Waals surface area contributed by atoms with Gasteiger partial charge in [0.2, 0.25) is 5.91 Å². The van der Waals surface area contributed by atoms with E-state index < -0.39 is 16.4 Å². The van der Waals surface area contributed by atoms with Crippen LogP contribution in [0, 0.1) is 10.1 Å². The van der Waals surface area contributed by atoms with Crippen molar-refractivity contribution < 1.29 is 9.72 Å². The summed E-state index contributed by atoms with van der Waals surface area (Å²) in [5, 5.41) is 16.3. The smallest absolute Gasteiger partial charge is 0.285 e. The van der Waals surface area contributed by atoms with Crippen LogP contribution in [0.3, 0.4) is 0 Å². The van der Waals surface area contributed by atoms with Gasteiger partial charge in [-0.25, -0.2) is 4.98 Å². The maximum absolute atomic E-state index is 12.2. The fraction of sp³-hybridized carbons (Fsp3) is 0.0625. The highest BCUT2D eigenvalue weighted by atomic mass is 35.5. The van der Waals surface area contributed by atoms with Crippen LogP contribution in [0.2, 0.25) is 10.0 Å². The van der Waals surface area contributed by atoms with Gasteiger partial charge in [0.25, 0.3) is 11.2 Å². The molecule has 0 unspecified atom stereocenters. The molecule has 1 amide bonds. The number of thiazole rings is 1. The Morgan fingerprint density at radius 3 is 2.78 bits per heavy atom. The van der Waals surface area contributed by atoms with E-state index in [0.29, 0.717) is 26.4 Å². The average Bonchev–Trinajstić information content (AvgIpc) is 3.04. The number of benzene rings is 1. The molecule has 0 spiro atoms. The molecule has 0 radical (unpaired) electrons. The summed E-state index contributed by atoms with van der Waals surface area (Å²) in [6, 6.07) is 7.10. The molecule has 0 saturated heterocycles. The molecule has 11 heteroatoms. The molecule has 1 N–H and O–H groups in total. The van der Waals surface area contributed by atoms with Crippen LogP contribution < -0.4 is 10.9 Å². The molecule has 3 aromatic rings. The number of rotatable bonds is 5. The van der Waals surface area contributed by atoms with Gasteiger partial charge in [0.05, 0.1) is 21.8 Å². The van der Waals surface area contributed by atoms with Crippen LogP contribution in [0.4, 0.5) is 10.8 Å². The lowest BCUT2D eigenvalue weighted by Gasteiger charge is -2.05. The van der Waals surface area contributed by atoms with Crippen LogP contribution in [0.5, 0.6) is 0 Å². The van der Waals surface area contributed by atoms with Gasteiger partial charge in [-0.05, 0) is 18.2 Å². The van der Waals surface area contributed by atoms with Crippen molar-refractivity contribution in [2.45, 2.75) is 6.54 Å². The molecule has 0 atom stereocenters. The zero-order chi connectivity index (χ0) is 19.6. The monoisotopic (exact) mass is 424 g/mol. The molecule has 2 aromatic heterocycles. The summed E-state index contributed by atoms with van der Waals surface area (Å²) >= 11 is 13.2. The molecule has 0 bridgehead atoms. The minimum atomic E-state index is -0.642. The van der Waals surface area contributed by atoms with Crippen LogP contribution in [0.1, 0.15) is 0 Å². The maximum atomic E-state index is 12.2. The van der Waals surface area contributed by atoms with Gasteiger partial charge in [-0.15, -0.1) is 11.3 Å². The highest BCUT2D eigenvalue weighted by Gasteiger charge is 2.13. The number of aromatic nitrogens is 2. The molecular formula is C16H10Cl2N4O4S. The lowest BCUT2D eigenvalue weighted by atomic mass is 10.2. The molecule has 0 saturated carbocycles. The predicted molar refractivity (Wildman–Crippen MR) is 104 cm³/mol. The Kier molecular flexibility index (Phi) is 5.54. The second-order valence-electron chi connectivity index (χ2n) is 5.32. The number of carbonyl (C=O) groups is 1. The normalized spacial score (nSPS) is 10.6. The van der Waals surface area contributed by atoms with Crippen LogP contribution >= 0.6 is 34.5 Å². The number of hydrogen-bond donors (Lipinski definition) is 1. The largest absolute Gasteiger partial charge is 0.300 e. The molecule has 27 heavy (non-hydrogen) atoms. The van der Waals surface area contributed by atoms with E-state index in [4.69, 9.17) is 23.2 Å². The van der Waals surface area contributed by atoms with Crippen molar-refractivity contribution in [2.24, 2.45) is 0 Å². The van der Waals surface area contributed by atoms with E-state index in [9.17, 15) is 19.7 Å². The third-order valence-electron chi connectivity index (χ3n) is 3.45. The third kappa shape index (κ3) is 4.51. The quantitative estimate of drug-likeness (QED) is 0.494. The SMILES string of the molecule is O=C(Cn1cc([N+](=O)[O-])ccc1=O)Nc1nc(-c2ccc(Cl)cc2Cl)cs1. The number of amides is 1. The lowest BCUT2D eigenvalue weighted by Crippen LogP contribution is -2.26. The topological polar surface area (TPSA) is 107 Å². The van der Waals surface area contributed by atoms with Gasteiger partial charge in [0.1, 0.15) is 6.54 Å². The van der Waals surface area contributed by atoms with Gasteiger partial charge < -0.3 is 5.32 Å². The van der Waals surface area contributed by atoms with E-state index in [1.54, 1.807) is 23.6 Å². The van der Waals surface area contributed by atoms with E-state index in [1.807, 2.05) is 0 Å². The molecule has 2 heterocycles. The highest BCUT2D eigenvalue weighted by molar-refractivity contribution is 7.14. The third-order valence-corrected chi connectivity index (χ3v) is 4.76. The summed E-state index contributed by atoms with van der Waals surface area (Å²) in [5.74, 6) is -0.541. The number of hydrogen-bond acceptors (Lipinski definition) is 6. The number of halogens is 2.